The summed E-state index contributed by atoms with van der Waals surface area (Å²) in [6.07, 6.45) is 5.57. The third kappa shape index (κ3) is 2.12. The number of hydrogen-bond acceptors (Lipinski definition) is 2. The predicted molar refractivity (Wildman–Crippen MR) is 65.7 cm³/mol. The molecule has 3 nitrogen and oxygen atoms in total. The molecule has 1 aromatic rings. The lowest BCUT2D eigenvalue weighted by atomic mass is 10.1. The topological polar surface area (TPSA) is 37.4 Å². The zero-order chi connectivity index (χ0) is 13.3. The highest BCUT2D eigenvalue weighted by molar-refractivity contribution is 6.05. The minimum Gasteiger partial charge on any atom is -0.310 e. The number of amides is 1. The standard InChI is InChI=1S/C14H12FNO2/c1-3-10-6-14(18)16(8-10)13-5-4-11(15)7-12(13)9(2)17/h1,4-5,7,10H,6,8H2,2H3. The van der Waals surface area contributed by atoms with Gasteiger partial charge in [0.25, 0.3) is 0 Å². The van der Waals surface area contributed by atoms with Gasteiger partial charge in [0, 0.05) is 24.4 Å². The highest BCUT2D eigenvalue weighted by atomic mass is 19.1. The average molecular weight is 245 g/mol. The summed E-state index contributed by atoms with van der Waals surface area (Å²) in [6.45, 7) is 1.72. The Kier molecular flexibility index (Phi) is 3.15. The third-order valence-corrected chi connectivity index (χ3v) is 2.99. The number of terminal acetylenes is 1. The van der Waals surface area contributed by atoms with Crippen molar-refractivity contribution in [3.8, 4) is 12.3 Å². The first-order valence-corrected chi connectivity index (χ1v) is 5.60. The first-order valence-electron chi connectivity index (χ1n) is 5.60. The molecule has 1 aliphatic heterocycles. The van der Waals surface area contributed by atoms with Crippen LogP contribution in [0.3, 0.4) is 0 Å². The van der Waals surface area contributed by atoms with E-state index in [1.807, 2.05) is 0 Å². The van der Waals surface area contributed by atoms with E-state index in [1.165, 1.54) is 24.0 Å². The molecule has 4 heteroatoms. The third-order valence-electron chi connectivity index (χ3n) is 2.99. The van der Waals surface area contributed by atoms with Gasteiger partial charge in [-0.25, -0.2) is 4.39 Å². The van der Waals surface area contributed by atoms with Crippen LogP contribution in [0.1, 0.15) is 23.7 Å². The van der Waals surface area contributed by atoms with Crippen LogP contribution in [0.4, 0.5) is 10.1 Å². The van der Waals surface area contributed by atoms with E-state index in [2.05, 4.69) is 5.92 Å². The van der Waals surface area contributed by atoms with E-state index in [1.54, 1.807) is 0 Å². The van der Waals surface area contributed by atoms with Crippen molar-refractivity contribution in [3.05, 3.63) is 29.6 Å². The largest absolute Gasteiger partial charge is 0.310 e. The van der Waals surface area contributed by atoms with Crippen LogP contribution in [0.2, 0.25) is 0 Å². The molecule has 0 aliphatic carbocycles. The Morgan fingerprint density at radius 1 is 1.56 bits per heavy atom. The van der Waals surface area contributed by atoms with Gasteiger partial charge in [0.1, 0.15) is 5.82 Å². The van der Waals surface area contributed by atoms with E-state index in [-0.39, 0.29) is 29.6 Å². The monoisotopic (exact) mass is 245 g/mol. The van der Waals surface area contributed by atoms with Crippen LogP contribution in [-0.2, 0) is 4.79 Å². The Morgan fingerprint density at radius 3 is 2.83 bits per heavy atom. The van der Waals surface area contributed by atoms with Crippen molar-refractivity contribution in [2.45, 2.75) is 13.3 Å². The summed E-state index contributed by atoms with van der Waals surface area (Å²) in [5.74, 6) is 1.48. The number of halogens is 1. The number of hydrogen-bond donors (Lipinski definition) is 0. The number of rotatable bonds is 2. The molecule has 1 atom stereocenters. The number of Topliss-reactive ketones (excluding diaryl/α,β-unsaturated/α-hetero) is 1. The normalized spacial score (nSPS) is 18.8. The summed E-state index contributed by atoms with van der Waals surface area (Å²) in [7, 11) is 0. The lowest BCUT2D eigenvalue weighted by molar-refractivity contribution is -0.117. The van der Waals surface area contributed by atoms with Crippen LogP contribution in [0.15, 0.2) is 18.2 Å². The molecule has 1 fully saturated rings. The van der Waals surface area contributed by atoms with Gasteiger partial charge < -0.3 is 4.90 Å². The van der Waals surface area contributed by atoms with Gasteiger partial charge in [0.15, 0.2) is 5.78 Å². The summed E-state index contributed by atoms with van der Waals surface area (Å²) >= 11 is 0. The number of carbonyl (C=O) groups is 2. The van der Waals surface area contributed by atoms with Crippen molar-refractivity contribution in [2.24, 2.45) is 5.92 Å². The fourth-order valence-electron chi connectivity index (χ4n) is 2.08. The molecule has 1 amide bonds. The quantitative estimate of drug-likeness (QED) is 0.590. The first-order chi connectivity index (χ1) is 8.52. The molecule has 18 heavy (non-hydrogen) atoms. The van der Waals surface area contributed by atoms with Gasteiger partial charge in [-0.05, 0) is 25.1 Å². The molecule has 0 spiro atoms. The van der Waals surface area contributed by atoms with E-state index in [0.29, 0.717) is 12.2 Å². The molecular weight excluding hydrogens is 233 g/mol. The number of nitrogens with zero attached hydrogens (tertiary/aromatic N) is 1. The van der Waals surface area contributed by atoms with Crippen molar-refractivity contribution in [1.82, 2.24) is 0 Å². The number of ketones is 1. The molecule has 2 rings (SSSR count). The second kappa shape index (κ2) is 4.61. The summed E-state index contributed by atoms with van der Waals surface area (Å²) < 4.78 is 13.1. The molecule has 92 valence electrons. The molecular formula is C14H12FNO2. The number of anilines is 1. The zero-order valence-electron chi connectivity index (χ0n) is 9.94. The maximum atomic E-state index is 13.1. The molecule has 0 aromatic heterocycles. The minimum absolute atomic E-state index is 0.132. The molecule has 0 saturated carbocycles. The maximum absolute atomic E-state index is 13.1. The van der Waals surface area contributed by atoms with Gasteiger partial charge in [-0.3, -0.25) is 9.59 Å². The first kappa shape index (κ1) is 12.3. The van der Waals surface area contributed by atoms with E-state index >= 15 is 0 Å². The van der Waals surface area contributed by atoms with Crippen molar-refractivity contribution in [3.63, 3.8) is 0 Å². The number of benzene rings is 1. The smallest absolute Gasteiger partial charge is 0.228 e. The van der Waals surface area contributed by atoms with E-state index in [4.69, 9.17) is 6.42 Å². The maximum Gasteiger partial charge on any atom is 0.228 e. The van der Waals surface area contributed by atoms with Gasteiger partial charge in [-0.15, -0.1) is 12.3 Å². The fourth-order valence-corrected chi connectivity index (χ4v) is 2.08. The lowest BCUT2D eigenvalue weighted by Crippen LogP contribution is -2.26. The second-order valence-electron chi connectivity index (χ2n) is 4.29. The van der Waals surface area contributed by atoms with Gasteiger partial charge in [0.2, 0.25) is 5.91 Å². The molecule has 1 aromatic carbocycles. The lowest BCUT2D eigenvalue weighted by Gasteiger charge is -2.18. The Balaban J connectivity index is 2.43. The summed E-state index contributed by atoms with van der Waals surface area (Å²) in [5.41, 5.74) is 0.646. The second-order valence-corrected chi connectivity index (χ2v) is 4.29. The van der Waals surface area contributed by atoms with Crippen LogP contribution in [-0.4, -0.2) is 18.2 Å². The van der Waals surface area contributed by atoms with Crippen LogP contribution in [0.25, 0.3) is 0 Å². The highest BCUT2D eigenvalue weighted by Gasteiger charge is 2.31. The number of carbonyl (C=O) groups excluding carboxylic acids is 2. The molecule has 1 saturated heterocycles. The van der Waals surface area contributed by atoms with Crippen LogP contribution in [0.5, 0.6) is 0 Å². The fraction of sp³-hybridized carbons (Fsp3) is 0.286. The Hall–Kier alpha value is -2.15. The molecule has 0 bridgehead atoms. The Labute approximate surface area is 105 Å². The Morgan fingerprint density at radius 2 is 2.28 bits per heavy atom. The Bertz CT molecular complexity index is 559. The van der Waals surface area contributed by atoms with Crippen molar-refractivity contribution in [2.75, 3.05) is 11.4 Å². The average Bonchev–Trinajstić information content (AvgIpc) is 2.70. The van der Waals surface area contributed by atoms with Crippen LogP contribution >= 0.6 is 0 Å². The molecule has 0 N–H and O–H groups in total. The van der Waals surface area contributed by atoms with Crippen molar-refractivity contribution < 1.29 is 14.0 Å². The predicted octanol–water partition coefficient (Wildman–Crippen LogP) is 2.01. The summed E-state index contributed by atoms with van der Waals surface area (Å²) in [4.78, 5) is 24.8. The van der Waals surface area contributed by atoms with Gasteiger partial charge in [0.05, 0.1) is 5.69 Å². The van der Waals surface area contributed by atoms with Gasteiger partial charge in [-0.2, -0.15) is 0 Å². The summed E-state index contributed by atoms with van der Waals surface area (Å²) in [6, 6.07) is 3.83. The summed E-state index contributed by atoms with van der Waals surface area (Å²) in [5, 5.41) is 0. The molecule has 1 unspecified atom stereocenters. The van der Waals surface area contributed by atoms with E-state index in [9.17, 15) is 14.0 Å². The van der Waals surface area contributed by atoms with Crippen LogP contribution < -0.4 is 4.90 Å². The molecule has 1 aliphatic rings. The highest BCUT2D eigenvalue weighted by Crippen LogP contribution is 2.28. The molecule has 0 radical (unpaired) electrons. The van der Waals surface area contributed by atoms with Gasteiger partial charge in [-0.1, -0.05) is 0 Å². The minimum atomic E-state index is -0.496. The van der Waals surface area contributed by atoms with Gasteiger partial charge >= 0.3 is 0 Å². The van der Waals surface area contributed by atoms with Crippen molar-refractivity contribution in [1.29, 1.82) is 0 Å². The zero-order valence-corrected chi connectivity index (χ0v) is 9.94. The van der Waals surface area contributed by atoms with Crippen LogP contribution in [0, 0.1) is 24.1 Å². The van der Waals surface area contributed by atoms with E-state index < -0.39 is 5.82 Å². The SMILES string of the molecule is C#CC1CC(=O)N(c2ccc(F)cc2C(C)=O)C1. The van der Waals surface area contributed by atoms with E-state index in [0.717, 1.165) is 6.07 Å². The molecule has 1 heterocycles. The van der Waals surface area contributed by atoms with Crippen molar-refractivity contribution >= 4 is 17.4 Å².